The smallest absolute Gasteiger partial charge is 0.185 e. The van der Waals surface area contributed by atoms with Gasteiger partial charge in [0.15, 0.2) is 9.84 Å². The Bertz CT molecular complexity index is 676. The molecular weight excluding hydrogens is 340 g/mol. The molecule has 0 aliphatic rings. The molecule has 0 saturated carbocycles. The average Bonchev–Trinajstić information content (AvgIpc) is 2.47. The molecule has 0 N–H and O–H groups in total. The first-order chi connectivity index (χ1) is 9.45. The van der Waals surface area contributed by atoms with Crippen LogP contribution in [0.25, 0.3) is 0 Å². The first kappa shape index (κ1) is 15.1. The van der Waals surface area contributed by atoms with E-state index in [0.29, 0.717) is 10.6 Å². The minimum Gasteiger partial charge on any atom is -0.497 e. The van der Waals surface area contributed by atoms with Gasteiger partial charge in [0.25, 0.3) is 0 Å². The maximum absolute atomic E-state index is 12.6. The van der Waals surface area contributed by atoms with Gasteiger partial charge < -0.3 is 4.74 Å². The standard InChI is InChI=1S/C15H15BrO3S/c1-11(12-3-7-14(19-2)8-4-12)20(17,18)15-9-5-13(16)6-10-15/h3-11H,1-2H3. The SMILES string of the molecule is COc1ccc(C(C)S(=O)(=O)c2ccc(Br)cc2)cc1. The Hall–Kier alpha value is -1.33. The van der Waals surface area contributed by atoms with Gasteiger partial charge in [-0.2, -0.15) is 0 Å². The zero-order valence-corrected chi connectivity index (χ0v) is 13.6. The van der Waals surface area contributed by atoms with Gasteiger partial charge in [0.2, 0.25) is 0 Å². The third-order valence-corrected chi connectivity index (χ3v) is 5.85. The van der Waals surface area contributed by atoms with Crippen LogP contribution in [0.1, 0.15) is 17.7 Å². The van der Waals surface area contributed by atoms with Crippen molar-refractivity contribution in [3.63, 3.8) is 0 Å². The minimum absolute atomic E-state index is 0.323. The molecule has 2 aromatic carbocycles. The summed E-state index contributed by atoms with van der Waals surface area (Å²) in [7, 11) is -1.81. The van der Waals surface area contributed by atoms with Gasteiger partial charge in [0, 0.05) is 4.47 Å². The van der Waals surface area contributed by atoms with Crippen LogP contribution in [0.5, 0.6) is 5.75 Å². The Morgan fingerprint density at radius 1 is 1.00 bits per heavy atom. The van der Waals surface area contributed by atoms with Crippen molar-refractivity contribution in [2.45, 2.75) is 17.1 Å². The quantitative estimate of drug-likeness (QED) is 0.833. The van der Waals surface area contributed by atoms with Crippen molar-refractivity contribution in [3.05, 3.63) is 58.6 Å². The summed E-state index contributed by atoms with van der Waals surface area (Å²) in [5.41, 5.74) is 0.744. The maximum atomic E-state index is 12.6. The highest BCUT2D eigenvalue weighted by Gasteiger charge is 2.24. The van der Waals surface area contributed by atoms with E-state index in [4.69, 9.17) is 4.74 Å². The van der Waals surface area contributed by atoms with Gasteiger partial charge in [0.05, 0.1) is 17.3 Å². The number of benzene rings is 2. The molecule has 0 amide bonds. The molecule has 0 aromatic heterocycles. The molecule has 2 aromatic rings. The molecule has 1 atom stereocenters. The van der Waals surface area contributed by atoms with Crippen LogP contribution in [-0.4, -0.2) is 15.5 Å². The number of methoxy groups -OCH3 is 1. The lowest BCUT2D eigenvalue weighted by Gasteiger charge is -2.14. The molecular formula is C15H15BrO3S. The van der Waals surface area contributed by atoms with E-state index in [-0.39, 0.29) is 0 Å². The maximum Gasteiger partial charge on any atom is 0.185 e. The van der Waals surface area contributed by atoms with Crippen molar-refractivity contribution < 1.29 is 13.2 Å². The second-order valence-electron chi connectivity index (χ2n) is 4.41. The topological polar surface area (TPSA) is 43.4 Å². The molecule has 106 valence electrons. The molecule has 3 nitrogen and oxygen atoms in total. The second kappa shape index (κ2) is 5.97. The van der Waals surface area contributed by atoms with Gasteiger partial charge in [-0.3, -0.25) is 0 Å². The highest BCUT2D eigenvalue weighted by molar-refractivity contribution is 9.10. The third-order valence-electron chi connectivity index (χ3n) is 3.19. The van der Waals surface area contributed by atoms with E-state index in [1.807, 2.05) is 0 Å². The lowest BCUT2D eigenvalue weighted by atomic mass is 10.2. The zero-order chi connectivity index (χ0) is 14.8. The fraction of sp³-hybridized carbons (Fsp3) is 0.200. The summed E-state index contributed by atoms with van der Waals surface area (Å²) in [5, 5.41) is -0.602. The van der Waals surface area contributed by atoms with E-state index in [1.54, 1.807) is 62.6 Å². The summed E-state index contributed by atoms with van der Waals surface area (Å²) in [6, 6.07) is 13.8. The van der Waals surface area contributed by atoms with E-state index >= 15 is 0 Å². The number of sulfone groups is 1. The molecule has 0 spiro atoms. The van der Waals surface area contributed by atoms with Crippen molar-refractivity contribution in [2.24, 2.45) is 0 Å². The molecule has 0 saturated heterocycles. The van der Waals surface area contributed by atoms with Crippen LogP contribution in [0.2, 0.25) is 0 Å². The number of halogens is 1. The third kappa shape index (κ3) is 3.04. The van der Waals surface area contributed by atoms with Crippen molar-refractivity contribution >= 4 is 25.8 Å². The van der Waals surface area contributed by atoms with Crippen molar-refractivity contribution in [2.75, 3.05) is 7.11 Å². The zero-order valence-electron chi connectivity index (χ0n) is 11.2. The molecule has 0 aliphatic heterocycles. The van der Waals surface area contributed by atoms with Crippen LogP contribution in [-0.2, 0) is 9.84 Å². The summed E-state index contributed by atoms with van der Waals surface area (Å²) >= 11 is 3.30. The molecule has 20 heavy (non-hydrogen) atoms. The monoisotopic (exact) mass is 354 g/mol. The van der Waals surface area contributed by atoms with Crippen LogP contribution in [0.4, 0.5) is 0 Å². The fourth-order valence-electron chi connectivity index (χ4n) is 1.88. The Morgan fingerprint density at radius 2 is 1.55 bits per heavy atom. The van der Waals surface area contributed by atoms with Gasteiger partial charge in [-0.15, -0.1) is 0 Å². The first-order valence-corrected chi connectivity index (χ1v) is 8.42. The molecule has 1 unspecified atom stereocenters. The van der Waals surface area contributed by atoms with E-state index in [1.165, 1.54) is 0 Å². The van der Waals surface area contributed by atoms with Gasteiger partial charge in [-0.05, 0) is 48.9 Å². The van der Waals surface area contributed by atoms with Crippen LogP contribution >= 0.6 is 15.9 Å². The number of hydrogen-bond donors (Lipinski definition) is 0. The molecule has 2 rings (SSSR count). The van der Waals surface area contributed by atoms with Crippen molar-refractivity contribution in [1.29, 1.82) is 0 Å². The summed E-state index contributed by atoms with van der Waals surface area (Å²) in [6.45, 7) is 1.69. The summed E-state index contributed by atoms with van der Waals surface area (Å²) in [4.78, 5) is 0.323. The predicted octanol–water partition coefficient (Wildman–Crippen LogP) is 3.99. The fourth-order valence-corrected chi connectivity index (χ4v) is 3.59. The Kier molecular flexibility index (Phi) is 4.50. The van der Waals surface area contributed by atoms with E-state index in [2.05, 4.69) is 15.9 Å². The normalized spacial score (nSPS) is 12.9. The summed E-state index contributed by atoms with van der Waals surface area (Å²) in [5.74, 6) is 0.710. The lowest BCUT2D eigenvalue weighted by molar-refractivity contribution is 0.414. The molecule has 5 heteroatoms. The Morgan fingerprint density at radius 3 is 2.05 bits per heavy atom. The van der Waals surface area contributed by atoms with Gasteiger partial charge in [-0.1, -0.05) is 28.1 Å². The largest absolute Gasteiger partial charge is 0.497 e. The van der Waals surface area contributed by atoms with Gasteiger partial charge in [0.1, 0.15) is 5.75 Å². The van der Waals surface area contributed by atoms with Crippen LogP contribution < -0.4 is 4.74 Å². The van der Waals surface area contributed by atoms with E-state index in [0.717, 1.165) is 10.0 Å². The van der Waals surface area contributed by atoms with Crippen molar-refractivity contribution in [1.82, 2.24) is 0 Å². The molecule has 0 heterocycles. The van der Waals surface area contributed by atoms with Gasteiger partial charge >= 0.3 is 0 Å². The van der Waals surface area contributed by atoms with Crippen LogP contribution in [0.15, 0.2) is 57.9 Å². The van der Waals surface area contributed by atoms with Crippen molar-refractivity contribution in [3.8, 4) is 5.75 Å². The minimum atomic E-state index is -3.39. The van der Waals surface area contributed by atoms with E-state index < -0.39 is 15.1 Å². The Balaban J connectivity index is 2.35. The highest BCUT2D eigenvalue weighted by Crippen LogP contribution is 2.30. The molecule has 0 radical (unpaired) electrons. The molecule has 0 aliphatic carbocycles. The van der Waals surface area contributed by atoms with Crippen LogP contribution in [0, 0.1) is 0 Å². The summed E-state index contributed by atoms with van der Waals surface area (Å²) < 4.78 is 31.0. The highest BCUT2D eigenvalue weighted by atomic mass is 79.9. The first-order valence-electron chi connectivity index (χ1n) is 6.08. The molecule has 0 fully saturated rings. The van der Waals surface area contributed by atoms with Gasteiger partial charge in [-0.25, -0.2) is 8.42 Å². The molecule has 0 bridgehead atoms. The number of hydrogen-bond acceptors (Lipinski definition) is 3. The Labute approximate surface area is 127 Å². The van der Waals surface area contributed by atoms with E-state index in [9.17, 15) is 8.42 Å². The summed E-state index contributed by atoms with van der Waals surface area (Å²) in [6.07, 6.45) is 0. The number of ether oxygens (including phenoxy) is 1. The average molecular weight is 355 g/mol. The lowest BCUT2D eigenvalue weighted by Crippen LogP contribution is -2.10. The predicted molar refractivity (Wildman–Crippen MR) is 82.7 cm³/mol. The number of rotatable bonds is 4. The van der Waals surface area contributed by atoms with Crippen LogP contribution in [0.3, 0.4) is 0 Å². The second-order valence-corrected chi connectivity index (χ2v) is 7.60.